The van der Waals surface area contributed by atoms with Crippen molar-refractivity contribution in [2.24, 2.45) is 0 Å². The van der Waals surface area contributed by atoms with Crippen molar-refractivity contribution in [2.75, 3.05) is 37.4 Å². The van der Waals surface area contributed by atoms with E-state index < -0.39 is 0 Å². The molecule has 1 aromatic rings. The van der Waals surface area contributed by atoms with Crippen LogP contribution in [0, 0.1) is 18.3 Å². The van der Waals surface area contributed by atoms with E-state index >= 15 is 0 Å². The van der Waals surface area contributed by atoms with E-state index in [-0.39, 0.29) is 0 Å². The Morgan fingerprint density at radius 2 is 2.24 bits per heavy atom. The van der Waals surface area contributed by atoms with Crippen LogP contribution in [0.1, 0.15) is 12.1 Å². The number of anilines is 2. The maximum atomic E-state index is 8.65. The number of hydrogen-bond donors (Lipinski definition) is 1. The van der Waals surface area contributed by atoms with E-state index in [1.807, 2.05) is 24.0 Å². The van der Waals surface area contributed by atoms with Crippen LogP contribution in [0.25, 0.3) is 0 Å². The predicted molar refractivity (Wildman–Crippen MR) is 67.7 cm³/mol. The number of ether oxygens (including phenoxy) is 1. The van der Waals surface area contributed by atoms with Crippen molar-refractivity contribution >= 4 is 11.5 Å². The molecule has 0 aromatic carbocycles. The molecular weight excluding hydrogens is 216 g/mol. The molecule has 1 aromatic heterocycles. The number of aryl methyl sites for hydroxylation is 1. The van der Waals surface area contributed by atoms with E-state index in [1.54, 1.807) is 7.11 Å². The molecule has 2 N–H and O–H groups in total. The minimum absolute atomic E-state index is 0.443. The van der Waals surface area contributed by atoms with Crippen LogP contribution in [0.2, 0.25) is 0 Å². The van der Waals surface area contributed by atoms with E-state index in [2.05, 4.69) is 11.1 Å². The van der Waals surface area contributed by atoms with E-state index in [0.29, 0.717) is 31.8 Å². The van der Waals surface area contributed by atoms with Crippen molar-refractivity contribution in [1.29, 1.82) is 5.26 Å². The summed E-state index contributed by atoms with van der Waals surface area (Å²) < 4.78 is 5.05. The number of nitrogen functional groups attached to an aromatic ring is 1. The van der Waals surface area contributed by atoms with Crippen LogP contribution in [0.15, 0.2) is 12.1 Å². The van der Waals surface area contributed by atoms with Gasteiger partial charge < -0.3 is 15.4 Å². The zero-order valence-corrected chi connectivity index (χ0v) is 10.3. The van der Waals surface area contributed by atoms with Crippen molar-refractivity contribution in [3.8, 4) is 6.07 Å². The summed E-state index contributed by atoms with van der Waals surface area (Å²) in [4.78, 5) is 6.40. The summed E-state index contributed by atoms with van der Waals surface area (Å²) in [6.45, 7) is 3.79. The maximum Gasteiger partial charge on any atom is 0.152 e. The molecule has 1 rings (SSSR count). The van der Waals surface area contributed by atoms with E-state index in [0.717, 1.165) is 11.5 Å². The topological polar surface area (TPSA) is 75.2 Å². The Morgan fingerprint density at radius 3 is 2.88 bits per heavy atom. The first-order chi connectivity index (χ1) is 8.19. The standard InChI is InChI=1S/C12H18N4O/c1-10-4-5-11(14)12(15-10)16(7-3-6-13)8-9-17-2/h4-5H,3,7-9,14H2,1-2H3. The third kappa shape index (κ3) is 3.93. The van der Waals surface area contributed by atoms with Crippen LogP contribution in [0.3, 0.4) is 0 Å². The molecule has 92 valence electrons. The van der Waals surface area contributed by atoms with Crippen molar-refractivity contribution in [3.63, 3.8) is 0 Å². The first-order valence-electron chi connectivity index (χ1n) is 5.53. The lowest BCUT2D eigenvalue weighted by Crippen LogP contribution is -2.30. The van der Waals surface area contributed by atoms with Crippen LogP contribution in [-0.2, 0) is 4.74 Å². The largest absolute Gasteiger partial charge is 0.396 e. The minimum Gasteiger partial charge on any atom is -0.396 e. The van der Waals surface area contributed by atoms with Gasteiger partial charge in [-0.2, -0.15) is 5.26 Å². The van der Waals surface area contributed by atoms with Gasteiger partial charge >= 0.3 is 0 Å². The van der Waals surface area contributed by atoms with Gasteiger partial charge in [0.2, 0.25) is 0 Å². The predicted octanol–water partition coefficient (Wildman–Crippen LogP) is 1.34. The molecule has 0 unspecified atom stereocenters. The fraction of sp³-hybridized carbons (Fsp3) is 0.500. The molecule has 17 heavy (non-hydrogen) atoms. The summed E-state index contributed by atoms with van der Waals surface area (Å²) in [6, 6.07) is 5.84. The summed E-state index contributed by atoms with van der Waals surface area (Å²) in [6.07, 6.45) is 0.443. The molecule has 0 amide bonds. The summed E-state index contributed by atoms with van der Waals surface area (Å²) >= 11 is 0. The second kappa shape index (κ2) is 6.71. The number of methoxy groups -OCH3 is 1. The van der Waals surface area contributed by atoms with Gasteiger partial charge in [-0.3, -0.25) is 0 Å². The van der Waals surface area contributed by atoms with Crippen LogP contribution in [0.5, 0.6) is 0 Å². The summed E-state index contributed by atoms with van der Waals surface area (Å²) in [5.41, 5.74) is 7.45. The Bertz CT molecular complexity index is 400. The highest BCUT2D eigenvalue weighted by Gasteiger charge is 2.11. The molecule has 0 saturated heterocycles. The van der Waals surface area contributed by atoms with Crippen molar-refractivity contribution in [2.45, 2.75) is 13.3 Å². The maximum absolute atomic E-state index is 8.65. The molecule has 0 aliphatic rings. The smallest absolute Gasteiger partial charge is 0.152 e. The Kier molecular flexibility index (Phi) is 5.24. The zero-order chi connectivity index (χ0) is 12.7. The molecule has 0 atom stereocenters. The molecule has 0 saturated carbocycles. The number of hydrogen-bond acceptors (Lipinski definition) is 5. The highest BCUT2D eigenvalue weighted by atomic mass is 16.5. The quantitative estimate of drug-likeness (QED) is 0.803. The molecule has 0 bridgehead atoms. The van der Waals surface area contributed by atoms with Gasteiger partial charge in [0.05, 0.1) is 24.8 Å². The van der Waals surface area contributed by atoms with Gasteiger partial charge in [0.15, 0.2) is 5.82 Å². The average Bonchev–Trinajstić information content (AvgIpc) is 2.33. The Labute approximate surface area is 102 Å². The number of nitrogens with two attached hydrogens (primary N) is 1. The molecule has 0 radical (unpaired) electrons. The van der Waals surface area contributed by atoms with Crippen molar-refractivity contribution < 1.29 is 4.74 Å². The SMILES string of the molecule is COCCN(CCC#N)c1nc(C)ccc1N. The number of nitrogens with zero attached hydrogens (tertiary/aromatic N) is 3. The fourth-order valence-corrected chi connectivity index (χ4v) is 1.52. The molecule has 5 heteroatoms. The second-order valence-electron chi connectivity index (χ2n) is 3.75. The van der Waals surface area contributed by atoms with Gasteiger partial charge in [-0.15, -0.1) is 0 Å². The molecule has 0 fully saturated rings. The first kappa shape index (κ1) is 13.3. The molecule has 1 heterocycles. The number of aromatic nitrogens is 1. The van der Waals surface area contributed by atoms with Crippen molar-refractivity contribution in [3.05, 3.63) is 17.8 Å². The van der Waals surface area contributed by atoms with E-state index in [4.69, 9.17) is 15.7 Å². The molecule has 0 spiro atoms. The number of pyridine rings is 1. The molecule has 0 aliphatic carbocycles. The van der Waals surface area contributed by atoms with Gasteiger partial charge in [-0.1, -0.05) is 0 Å². The Morgan fingerprint density at radius 1 is 1.47 bits per heavy atom. The first-order valence-corrected chi connectivity index (χ1v) is 5.53. The lowest BCUT2D eigenvalue weighted by molar-refractivity contribution is 0.205. The summed E-state index contributed by atoms with van der Waals surface area (Å²) in [7, 11) is 1.65. The Balaban J connectivity index is 2.86. The van der Waals surface area contributed by atoms with Crippen LogP contribution >= 0.6 is 0 Å². The highest BCUT2D eigenvalue weighted by Crippen LogP contribution is 2.20. The zero-order valence-electron chi connectivity index (χ0n) is 10.3. The molecule has 5 nitrogen and oxygen atoms in total. The van der Waals surface area contributed by atoms with E-state index in [9.17, 15) is 0 Å². The summed E-state index contributed by atoms with van der Waals surface area (Å²) in [5.74, 6) is 0.734. The third-order valence-corrected chi connectivity index (χ3v) is 2.40. The van der Waals surface area contributed by atoms with Crippen LogP contribution in [0.4, 0.5) is 11.5 Å². The van der Waals surface area contributed by atoms with E-state index in [1.165, 1.54) is 0 Å². The summed E-state index contributed by atoms with van der Waals surface area (Å²) in [5, 5.41) is 8.65. The Hall–Kier alpha value is -1.80. The lowest BCUT2D eigenvalue weighted by atomic mass is 10.3. The van der Waals surface area contributed by atoms with Crippen LogP contribution < -0.4 is 10.6 Å². The van der Waals surface area contributed by atoms with Gasteiger partial charge in [0, 0.05) is 25.9 Å². The monoisotopic (exact) mass is 234 g/mol. The number of rotatable bonds is 6. The third-order valence-electron chi connectivity index (χ3n) is 2.40. The minimum atomic E-state index is 0.443. The molecule has 0 aliphatic heterocycles. The van der Waals surface area contributed by atoms with Gasteiger partial charge in [-0.25, -0.2) is 4.98 Å². The van der Waals surface area contributed by atoms with Crippen molar-refractivity contribution in [1.82, 2.24) is 4.98 Å². The average molecular weight is 234 g/mol. The van der Waals surface area contributed by atoms with Gasteiger partial charge in [0.25, 0.3) is 0 Å². The highest BCUT2D eigenvalue weighted by molar-refractivity contribution is 5.62. The molecular formula is C12H18N4O. The fourth-order valence-electron chi connectivity index (χ4n) is 1.52. The van der Waals surface area contributed by atoms with Crippen LogP contribution in [-0.4, -0.2) is 31.8 Å². The second-order valence-corrected chi connectivity index (χ2v) is 3.75. The van der Waals surface area contributed by atoms with Gasteiger partial charge in [-0.05, 0) is 19.1 Å². The number of nitriles is 1. The normalized spacial score (nSPS) is 9.94. The lowest BCUT2D eigenvalue weighted by Gasteiger charge is -2.23. The van der Waals surface area contributed by atoms with Gasteiger partial charge in [0.1, 0.15) is 0 Å².